The van der Waals surface area contributed by atoms with Gasteiger partial charge in [0.15, 0.2) is 0 Å². The summed E-state index contributed by atoms with van der Waals surface area (Å²) in [6.45, 7) is 6.12. The summed E-state index contributed by atoms with van der Waals surface area (Å²) in [4.78, 5) is 0. The largest absolute Gasteiger partial charge is 0.392 e. The summed E-state index contributed by atoms with van der Waals surface area (Å²) in [6, 6.07) is 0. The number of alkyl halides is 3. The highest BCUT2D eigenvalue weighted by molar-refractivity contribution is 4.99. The van der Waals surface area contributed by atoms with Gasteiger partial charge in [0, 0.05) is 6.42 Å². The summed E-state index contributed by atoms with van der Waals surface area (Å²) in [5.41, 5.74) is -0.0127. The van der Waals surface area contributed by atoms with Crippen LogP contribution in [0.2, 0.25) is 0 Å². The number of halogens is 4. The minimum absolute atomic E-state index is 0.00877. The molecule has 70 valence electrons. The van der Waals surface area contributed by atoms with Crippen molar-refractivity contribution in [3.8, 4) is 0 Å². The maximum atomic E-state index is 12.0. The number of allylic oxidation sites excluding steroid dienone is 2. The van der Waals surface area contributed by atoms with Gasteiger partial charge in [-0.15, -0.1) is 0 Å². The lowest BCUT2D eigenvalue weighted by Crippen LogP contribution is -2.07. The first kappa shape index (κ1) is 11.2. The van der Waals surface area contributed by atoms with Crippen LogP contribution < -0.4 is 0 Å². The molecule has 0 fully saturated rings. The monoisotopic (exact) mass is 182 g/mol. The molecule has 0 heterocycles. The first-order valence-corrected chi connectivity index (χ1v) is 3.38. The fourth-order valence-corrected chi connectivity index (χ4v) is 0.684. The molecule has 0 nitrogen and oxygen atoms in total. The SMILES string of the molecule is C=C(F)CCC(=C)CC(F)(F)F. The molecule has 0 aromatic heterocycles. The van der Waals surface area contributed by atoms with Crippen LogP contribution in [-0.4, -0.2) is 6.18 Å². The van der Waals surface area contributed by atoms with E-state index in [1.54, 1.807) is 0 Å². The van der Waals surface area contributed by atoms with Crippen molar-refractivity contribution >= 4 is 0 Å². The van der Waals surface area contributed by atoms with E-state index in [-0.39, 0.29) is 18.4 Å². The van der Waals surface area contributed by atoms with E-state index in [1.165, 1.54) is 0 Å². The van der Waals surface area contributed by atoms with Crippen LogP contribution in [-0.2, 0) is 0 Å². The van der Waals surface area contributed by atoms with Gasteiger partial charge in [-0.3, -0.25) is 0 Å². The first-order valence-electron chi connectivity index (χ1n) is 3.38. The minimum Gasteiger partial charge on any atom is -0.212 e. The van der Waals surface area contributed by atoms with Gasteiger partial charge in [0.05, 0.1) is 12.2 Å². The Morgan fingerprint density at radius 2 is 1.58 bits per heavy atom. The van der Waals surface area contributed by atoms with Crippen LogP contribution in [0.15, 0.2) is 24.6 Å². The maximum absolute atomic E-state index is 12.0. The summed E-state index contributed by atoms with van der Waals surface area (Å²) in [5.74, 6) is -0.613. The average molecular weight is 182 g/mol. The molecule has 0 N–H and O–H groups in total. The Morgan fingerprint density at radius 3 is 1.92 bits per heavy atom. The van der Waals surface area contributed by atoms with Crippen molar-refractivity contribution in [3.63, 3.8) is 0 Å². The van der Waals surface area contributed by atoms with Gasteiger partial charge in [0.25, 0.3) is 0 Å². The van der Waals surface area contributed by atoms with Crippen molar-refractivity contribution in [3.05, 3.63) is 24.6 Å². The fourth-order valence-electron chi connectivity index (χ4n) is 0.684. The van der Waals surface area contributed by atoms with Gasteiger partial charge < -0.3 is 0 Å². The van der Waals surface area contributed by atoms with Gasteiger partial charge in [-0.1, -0.05) is 18.7 Å². The van der Waals surface area contributed by atoms with Crippen molar-refractivity contribution in [2.24, 2.45) is 0 Å². The summed E-state index contributed by atoms with van der Waals surface area (Å²) in [7, 11) is 0. The summed E-state index contributed by atoms with van der Waals surface area (Å²) in [5, 5.41) is 0. The molecule has 0 unspecified atom stereocenters. The van der Waals surface area contributed by atoms with Gasteiger partial charge in [-0.05, 0) is 6.42 Å². The summed E-state index contributed by atoms with van der Waals surface area (Å²) < 4.78 is 46.9. The van der Waals surface area contributed by atoms with Crippen LogP contribution in [0.25, 0.3) is 0 Å². The molecule has 4 heteroatoms. The second-order valence-electron chi connectivity index (χ2n) is 2.56. The second-order valence-corrected chi connectivity index (χ2v) is 2.56. The van der Waals surface area contributed by atoms with Crippen LogP contribution in [0.4, 0.5) is 17.6 Å². The molecule has 0 saturated carbocycles. The number of hydrogen-bond acceptors (Lipinski definition) is 0. The minimum atomic E-state index is -4.24. The van der Waals surface area contributed by atoms with Crippen molar-refractivity contribution in [2.45, 2.75) is 25.4 Å². The smallest absolute Gasteiger partial charge is 0.212 e. The Bertz CT molecular complexity index is 178. The molecule has 0 aliphatic carbocycles. The van der Waals surface area contributed by atoms with Crippen LogP contribution in [0, 0.1) is 0 Å². The zero-order chi connectivity index (χ0) is 9.78. The third kappa shape index (κ3) is 7.31. The van der Waals surface area contributed by atoms with E-state index < -0.39 is 18.4 Å². The summed E-state index contributed by atoms with van der Waals surface area (Å²) in [6.07, 6.45) is -5.35. The summed E-state index contributed by atoms with van der Waals surface area (Å²) >= 11 is 0. The molecule has 12 heavy (non-hydrogen) atoms. The van der Waals surface area contributed by atoms with Gasteiger partial charge in [-0.25, -0.2) is 4.39 Å². The lowest BCUT2D eigenvalue weighted by molar-refractivity contribution is -0.127. The molecule has 0 aliphatic heterocycles. The third-order valence-corrected chi connectivity index (χ3v) is 1.20. The molecular formula is C8H10F4. The highest BCUT2D eigenvalue weighted by Crippen LogP contribution is 2.26. The molecule has 0 saturated heterocycles. The lowest BCUT2D eigenvalue weighted by Gasteiger charge is -2.07. The first-order chi connectivity index (χ1) is 5.31. The standard InChI is InChI=1S/C8H10F4/c1-6(3-4-7(2)9)5-8(10,11)12/h1-5H2. The topological polar surface area (TPSA) is 0 Å². The zero-order valence-corrected chi connectivity index (χ0v) is 6.55. The highest BCUT2D eigenvalue weighted by atomic mass is 19.4. The lowest BCUT2D eigenvalue weighted by atomic mass is 10.1. The van der Waals surface area contributed by atoms with Crippen LogP contribution >= 0.6 is 0 Å². The average Bonchev–Trinajstić information content (AvgIpc) is 1.79. The predicted octanol–water partition coefficient (Wildman–Crippen LogP) is 3.76. The van der Waals surface area contributed by atoms with Crippen molar-refractivity contribution in [1.29, 1.82) is 0 Å². The van der Waals surface area contributed by atoms with Gasteiger partial charge >= 0.3 is 6.18 Å². The highest BCUT2D eigenvalue weighted by Gasteiger charge is 2.27. The van der Waals surface area contributed by atoms with Crippen molar-refractivity contribution in [2.75, 3.05) is 0 Å². The van der Waals surface area contributed by atoms with Crippen LogP contribution in [0.1, 0.15) is 19.3 Å². The molecular weight excluding hydrogens is 172 g/mol. The van der Waals surface area contributed by atoms with E-state index >= 15 is 0 Å². The van der Waals surface area contributed by atoms with Crippen molar-refractivity contribution in [1.82, 2.24) is 0 Å². The fraction of sp³-hybridized carbons (Fsp3) is 0.500. The quantitative estimate of drug-likeness (QED) is 0.458. The van der Waals surface area contributed by atoms with Crippen LogP contribution in [0.5, 0.6) is 0 Å². The molecule has 0 rings (SSSR count). The third-order valence-electron chi connectivity index (χ3n) is 1.20. The molecule has 0 aliphatic rings. The normalized spacial score (nSPS) is 11.3. The van der Waals surface area contributed by atoms with E-state index in [2.05, 4.69) is 13.2 Å². The molecule has 0 bridgehead atoms. The van der Waals surface area contributed by atoms with Crippen LogP contribution in [0.3, 0.4) is 0 Å². The molecule has 0 aromatic rings. The Kier molecular flexibility index (Phi) is 4.00. The van der Waals surface area contributed by atoms with E-state index in [9.17, 15) is 17.6 Å². The van der Waals surface area contributed by atoms with Crippen molar-refractivity contribution < 1.29 is 17.6 Å². The Hall–Kier alpha value is -0.800. The van der Waals surface area contributed by atoms with E-state index in [0.717, 1.165) is 0 Å². The Balaban J connectivity index is 3.68. The van der Waals surface area contributed by atoms with E-state index in [4.69, 9.17) is 0 Å². The Morgan fingerprint density at radius 1 is 1.08 bits per heavy atom. The molecule has 0 spiro atoms. The number of rotatable bonds is 4. The maximum Gasteiger partial charge on any atom is 0.392 e. The Labute approximate surface area is 68.6 Å². The second kappa shape index (κ2) is 4.28. The molecule has 0 amide bonds. The van der Waals surface area contributed by atoms with E-state index in [0.29, 0.717) is 0 Å². The van der Waals surface area contributed by atoms with Gasteiger partial charge in [-0.2, -0.15) is 13.2 Å². The van der Waals surface area contributed by atoms with E-state index in [1.807, 2.05) is 0 Å². The zero-order valence-electron chi connectivity index (χ0n) is 6.55. The number of hydrogen-bond donors (Lipinski definition) is 0. The van der Waals surface area contributed by atoms with Gasteiger partial charge in [0.1, 0.15) is 0 Å². The molecule has 0 aromatic carbocycles. The predicted molar refractivity (Wildman–Crippen MR) is 39.3 cm³/mol. The molecule has 0 radical (unpaired) electrons. The van der Waals surface area contributed by atoms with Gasteiger partial charge in [0.2, 0.25) is 0 Å². The molecule has 0 atom stereocenters.